The number of methoxy groups -OCH3 is 1. The van der Waals surface area contributed by atoms with Crippen molar-refractivity contribution < 1.29 is 9.53 Å². The zero-order valence-corrected chi connectivity index (χ0v) is 12.4. The van der Waals surface area contributed by atoms with Gasteiger partial charge in [0.25, 0.3) is 0 Å². The number of carbonyl (C=O) groups excluding carboxylic acids is 1. The molecule has 0 radical (unpaired) electrons. The van der Waals surface area contributed by atoms with Crippen LogP contribution in [0.3, 0.4) is 0 Å². The summed E-state index contributed by atoms with van der Waals surface area (Å²) in [6, 6.07) is 2.19. The summed E-state index contributed by atoms with van der Waals surface area (Å²) in [5, 5.41) is 0. The van der Waals surface area contributed by atoms with Crippen LogP contribution in [0.1, 0.15) is 43.0 Å². The Kier molecular flexibility index (Phi) is 4.47. The van der Waals surface area contributed by atoms with Crippen molar-refractivity contribution in [2.24, 2.45) is 5.92 Å². The Labute approximate surface area is 120 Å². The molecular weight excluding hydrogens is 254 g/mol. The second-order valence-corrected chi connectivity index (χ2v) is 5.56. The molecule has 1 aliphatic carbocycles. The molecule has 0 aromatic carbocycles. The van der Waals surface area contributed by atoms with Crippen molar-refractivity contribution in [1.82, 2.24) is 4.98 Å². The summed E-state index contributed by atoms with van der Waals surface area (Å²) in [5.74, 6) is 0.990. The van der Waals surface area contributed by atoms with Crippen LogP contribution < -0.4 is 10.6 Å². The first kappa shape index (κ1) is 14.6. The summed E-state index contributed by atoms with van der Waals surface area (Å²) in [4.78, 5) is 18.2. The van der Waals surface area contributed by atoms with Crippen molar-refractivity contribution >= 4 is 17.5 Å². The molecule has 2 unspecified atom stereocenters. The van der Waals surface area contributed by atoms with Crippen molar-refractivity contribution in [3.63, 3.8) is 0 Å². The molecule has 0 amide bonds. The van der Waals surface area contributed by atoms with Gasteiger partial charge in [0.1, 0.15) is 5.82 Å². The highest BCUT2D eigenvalue weighted by Crippen LogP contribution is 2.30. The summed E-state index contributed by atoms with van der Waals surface area (Å²) in [6.07, 6.45) is 6.49. The van der Waals surface area contributed by atoms with E-state index in [-0.39, 0.29) is 0 Å². The van der Waals surface area contributed by atoms with Crippen molar-refractivity contribution in [2.75, 3.05) is 24.8 Å². The quantitative estimate of drug-likeness (QED) is 0.860. The first-order valence-corrected chi connectivity index (χ1v) is 7.11. The van der Waals surface area contributed by atoms with E-state index in [1.54, 1.807) is 6.07 Å². The fraction of sp³-hybridized carbons (Fsp3) is 0.600. The normalized spacial score (nSPS) is 22.4. The average molecular weight is 277 g/mol. The molecule has 20 heavy (non-hydrogen) atoms. The molecule has 2 atom stereocenters. The van der Waals surface area contributed by atoms with Crippen LogP contribution in [0.25, 0.3) is 0 Å². The Morgan fingerprint density at radius 2 is 2.15 bits per heavy atom. The van der Waals surface area contributed by atoms with Gasteiger partial charge < -0.3 is 15.4 Å². The first-order chi connectivity index (χ1) is 9.54. The van der Waals surface area contributed by atoms with Gasteiger partial charge in [-0.2, -0.15) is 0 Å². The molecule has 1 aromatic heterocycles. The standard InChI is InChI=1S/C15H23N3O2/c1-10-6-4-5-7-13(10)18(2)14-8-11(15(19)20-3)12(16)9-17-14/h8-10,13H,4-7,16H2,1-3H3. The van der Waals surface area contributed by atoms with Crippen molar-refractivity contribution in [3.05, 3.63) is 17.8 Å². The van der Waals surface area contributed by atoms with Gasteiger partial charge in [-0.15, -0.1) is 0 Å². The number of pyridine rings is 1. The van der Waals surface area contributed by atoms with Crippen molar-refractivity contribution in [1.29, 1.82) is 0 Å². The third-order valence-electron chi connectivity index (χ3n) is 4.25. The van der Waals surface area contributed by atoms with E-state index in [1.807, 2.05) is 7.05 Å². The molecule has 2 N–H and O–H groups in total. The maximum atomic E-state index is 11.7. The number of ether oxygens (including phenoxy) is 1. The third kappa shape index (κ3) is 2.86. The smallest absolute Gasteiger partial charge is 0.340 e. The topological polar surface area (TPSA) is 68.5 Å². The summed E-state index contributed by atoms with van der Waals surface area (Å²) in [6.45, 7) is 2.28. The van der Waals surface area contributed by atoms with Gasteiger partial charge in [-0.05, 0) is 24.8 Å². The van der Waals surface area contributed by atoms with Gasteiger partial charge in [0.15, 0.2) is 0 Å². The van der Waals surface area contributed by atoms with E-state index in [4.69, 9.17) is 10.5 Å². The number of carbonyl (C=O) groups is 1. The highest BCUT2D eigenvalue weighted by Gasteiger charge is 2.26. The molecule has 110 valence electrons. The molecule has 1 fully saturated rings. The lowest BCUT2D eigenvalue weighted by molar-refractivity contribution is 0.0602. The van der Waals surface area contributed by atoms with Gasteiger partial charge in [0, 0.05) is 13.1 Å². The van der Waals surface area contributed by atoms with Gasteiger partial charge in [0.2, 0.25) is 0 Å². The number of nitrogens with two attached hydrogens (primary N) is 1. The minimum Gasteiger partial charge on any atom is -0.465 e. The van der Waals surface area contributed by atoms with E-state index in [1.165, 1.54) is 32.6 Å². The number of anilines is 2. The maximum absolute atomic E-state index is 11.7. The van der Waals surface area contributed by atoms with Gasteiger partial charge in [-0.3, -0.25) is 0 Å². The first-order valence-electron chi connectivity index (χ1n) is 7.11. The molecule has 0 bridgehead atoms. The highest BCUT2D eigenvalue weighted by molar-refractivity contribution is 5.95. The lowest BCUT2D eigenvalue weighted by Crippen LogP contribution is -2.39. The molecule has 0 saturated heterocycles. The monoisotopic (exact) mass is 277 g/mol. The lowest BCUT2D eigenvalue weighted by atomic mass is 9.85. The Bertz CT molecular complexity index is 490. The molecule has 0 aliphatic heterocycles. The summed E-state index contributed by atoms with van der Waals surface area (Å²) < 4.78 is 4.75. The SMILES string of the molecule is COC(=O)c1cc(N(C)C2CCCCC2C)ncc1N. The molecule has 0 spiro atoms. The van der Waals surface area contributed by atoms with Crippen molar-refractivity contribution in [2.45, 2.75) is 38.6 Å². The molecule has 1 aromatic rings. The number of aromatic nitrogens is 1. The molecular formula is C15H23N3O2. The predicted molar refractivity (Wildman–Crippen MR) is 79.8 cm³/mol. The number of rotatable bonds is 3. The minimum atomic E-state index is -0.420. The maximum Gasteiger partial charge on any atom is 0.340 e. The van der Waals surface area contributed by atoms with Gasteiger partial charge in [-0.25, -0.2) is 9.78 Å². The van der Waals surface area contributed by atoms with Crippen LogP contribution in [-0.4, -0.2) is 31.2 Å². The van der Waals surface area contributed by atoms with E-state index in [0.29, 0.717) is 23.2 Å². The number of hydrogen-bond acceptors (Lipinski definition) is 5. The Morgan fingerprint density at radius 1 is 1.45 bits per heavy atom. The Hall–Kier alpha value is -1.78. The van der Waals surface area contributed by atoms with Crippen LogP contribution in [0.4, 0.5) is 11.5 Å². The van der Waals surface area contributed by atoms with Crippen LogP contribution in [0, 0.1) is 5.92 Å². The molecule has 1 aliphatic rings. The van der Waals surface area contributed by atoms with Gasteiger partial charge >= 0.3 is 5.97 Å². The average Bonchev–Trinajstić information content (AvgIpc) is 2.47. The van der Waals surface area contributed by atoms with Crippen LogP contribution in [-0.2, 0) is 4.74 Å². The minimum absolute atomic E-state index is 0.352. The Morgan fingerprint density at radius 3 is 2.80 bits per heavy atom. The van der Waals surface area contributed by atoms with E-state index in [9.17, 15) is 4.79 Å². The molecule has 1 heterocycles. The van der Waals surface area contributed by atoms with Gasteiger partial charge in [0.05, 0.1) is 24.6 Å². The number of nitrogens with zero attached hydrogens (tertiary/aromatic N) is 2. The Balaban J connectivity index is 2.25. The van der Waals surface area contributed by atoms with E-state index >= 15 is 0 Å². The fourth-order valence-corrected chi connectivity index (χ4v) is 2.98. The van der Waals surface area contributed by atoms with Gasteiger partial charge in [-0.1, -0.05) is 19.8 Å². The van der Waals surface area contributed by atoms with E-state index in [2.05, 4.69) is 16.8 Å². The number of esters is 1. The summed E-state index contributed by atoms with van der Waals surface area (Å²) in [5.41, 5.74) is 6.52. The van der Waals surface area contributed by atoms with Crippen LogP contribution >= 0.6 is 0 Å². The number of nitrogen functional groups attached to an aromatic ring is 1. The molecule has 1 saturated carbocycles. The number of hydrogen-bond donors (Lipinski definition) is 1. The fourth-order valence-electron chi connectivity index (χ4n) is 2.98. The zero-order chi connectivity index (χ0) is 14.7. The van der Waals surface area contributed by atoms with Crippen molar-refractivity contribution in [3.8, 4) is 0 Å². The predicted octanol–water partition coefficient (Wildman–Crippen LogP) is 2.47. The van der Waals surface area contributed by atoms with E-state index < -0.39 is 5.97 Å². The van der Waals surface area contributed by atoms with Crippen LogP contribution in [0.2, 0.25) is 0 Å². The molecule has 2 rings (SSSR count). The lowest BCUT2D eigenvalue weighted by Gasteiger charge is -2.37. The van der Waals surface area contributed by atoms with E-state index in [0.717, 1.165) is 12.2 Å². The van der Waals surface area contributed by atoms with Crippen LogP contribution in [0.5, 0.6) is 0 Å². The second kappa shape index (κ2) is 6.11. The third-order valence-corrected chi connectivity index (χ3v) is 4.25. The van der Waals surface area contributed by atoms with Crippen LogP contribution in [0.15, 0.2) is 12.3 Å². The summed E-state index contributed by atoms with van der Waals surface area (Å²) in [7, 11) is 3.39. The summed E-state index contributed by atoms with van der Waals surface area (Å²) >= 11 is 0. The second-order valence-electron chi connectivity index (χ2n) is 5.56. The highest BCUT2D eigenvalue weighted by atomic mass is 16.5. The molecule has 5 heteroatoms. The zero-order valence-electron chi connectivity index (χ0n) is 12.4. The molecule has 5 nitrogen and oxygen atoms in total. The largest absolute Gasteiger partial charge is 0.465 e.